The van der Waals surface area contributed by atoms with E-state index in [2.05, 4.69) is 0 Å². The van der Waals surface area contributed by atoms with Crippen LogP contribution in [-0.4, -0.2) is 131 Å². The molecule has 5 aliphatic rings. The van der Waals surface area contributed by atoms with Gasteiger partial charge in [0.1, 0.15) is 29.6 Å². The molecule has 13 atom stereocenters. The lowest BCUT2D eigenvalue weighted by atomic mass is 9.67. The number of phenolic OH excluding ortho intramolecular Hbond substituents is 2. The number of ketones is 3. The summed E-state index contributed by atoms with van der Waals surface area (Å²) in [5.74, 6) is -4.49. The molecule has 58 heavy (non-hydrogen) atoms. The van der Waals surface area contributed by atoms with Crippen LogP contribution in [0, 0.1) is 5.92 Å². The summed E-state index contributed by atoms with van der Waals surface area (Å²) in [4.78, 5) is 55.2. The van der Waals surface area contributed by atoms with E-state index in [0.29, 0.717) is 25.7 Å². The van der Waals surface area contributed by atoms with Gasteiger partial charge in [0, 0.05) is 48.4 Å². The first kappa shape index (κ1) is 42.3. The molecule has 2 aromatic carbocycles. The molecule has 1 saturated carbocycles. The Bertz CT molecular complexity index is 1940. The van der Waals surface area contributed by atoms with Gasteiger partial charge in [0.15, 0.2) is 24.1 Å². The van der Waals surface area contributed by atoms with Gasteiger partial charge in [-0.05, 0) is 70.8 Å². The van der Waals surface area contributed by atoms with Crippen LogP contribution in [0.1, 0.15) is 128 Å². The Kier molecular flexibility index (Phi) is 11.9. The highest BCUT2D eigenvalue weighted by molar-refractivity contribution is 6.30. The van der Waals surface area contributed by atoms with Crippen molar-refractivity contribution < 1.29 is 68.0 Å². The quantitative estimate of drug-likeness (QED) is 0.227. The third-order valence-electron chi connectivity index (χ3n) is 12.9. The highest BCUT2D eigenvalue weighted by atomic mass is 16.7. The number of hydrogen-bond donors (Lipinski definition) is 4. The van der Waals surface area contributed by atoms with Gasteiger partial charge < -0.3 is 53.7 Å². The summed E-state index contributed by atoms with van der Waals surface area (Å²) in [6.45, 7) is 7.25. The third kappa shape index (κ3) is 7.49. The fourth-order valence-electron chi connectivity index (χ4n) is 9.78. The van der Waals surface area contributed by atoms with Crippen LogP contribution in [0.4, 0.5) is 0 Å². The molecular weight excluding hydrogens is 754 g/mol. The van der Waals surface area contributed by atoms with Crippen molar-refractivity contribution in [2.45, 2.75) is 146 Å². The topological polar surface area (TPSA) is 208 Å². The third-order valence-corrected chi connectivity index (χ3v) is 12.9. The fraction of sp³-hybridized carbons (Fsp3) is 0.628. The van der Waals surface area contributed by atoms with E-state index in [4.69, 9.17) is 28.4 Å². The smallest absolute Gasteiger partial charge is 0.316 e. The van der Waals surface area contributed by atoms with Gasteiger partial charge in [-0.25, -0.2) is 0 Å². The first-order valence-corrected chi connectivity index (χ1v) is 20.2. The molecule has 2 aliphatic heterocycles. The minimum Gasteiger partial charge on any atom is -0.507 e. The van der Waals surface area contributed by atoms with Crippen molar-refractivity contribution >= 4 is 23.3 Å². The van der Waals surface area contributed by atoms with E-state index in [1.165, 1.54) is 31.4 Å². The number of likely N-dealkylation sites (N-methyl/N-ethyl adjacent to an activating group) is 1. The van der Waals surface area contributed by atoms with Gasteiger partial charge in [-0.3, -0.25) is 19.2 Å². The first-order valence-electron chi connectivity index (χ1n) is 20.2. The molecule has 0 radical (unpaired) electrons. The van der Waals surface area contributed by atoms with Crippen LogP contribution in [0.3, 0.4) is 0 Å². The van der Waals surface area contributed by atoms with Crippen molar-refractivity contribution in [3.8, 4) is 11.5 Å². The molecule has 15 heteroatoms. The summed E-state index contributed by atoms with van der Waals surface area (Å²) in [6, 6.07) is 5.32. The number of fused-ring (bicyclic) bond motifs is 3. The molecule has 4 N–H and O–H groups in total. The summed E-state index contributed by atoms with van der Waals surface area (Å²) in [5.41, 5.74) is -2.19. The number of Topliss-reactive ketones (excluding diaryl/α,β-unsaturated/α-hetero) is 1. The lowest BCUT2D eigenvalue weighted by molar-refractivity contribution is -0.307. The van der Waals surface area contributed by atoms with Crippen LogP contribution in [-0.2, 0) is 38.0 Å². The normalized spacial score (nSPS) is 36.3. The van der Waals surface area contributed by atoms with Gasteiger partial charge in [0.05, 0.1) is 54.4 Å². The number of phenols is 2. The van der Waals surface area contributed by atoms with Crippen LogP contribution < -0.4 is 0 Å². The summed E-state index contributed by atoms with van der Waals surface area (Å²) in [7, 11) is 5.05. The van der Waals surface area contributed by atoms with Gasteiger partial charge in [-0.2, -0.15) is 0 Å². The lowest BCUT2D eigenvalue weighted by Gasteiger charge is -2.48. The number of aliphatic hydroxyl groups is 2. The van der Waals surface area contributed by atoms with Crippen LogP contribution >= 0.6 is 0 Å². The SMILES string of the molecule is CC[C@@]1(O)CC(OC2CC(C)C(OC3CC(O)C(OC4CCC(=O)C(C)O4)C(C)O3)C(N(C)C)C2)c2c(cc3c(c2O)C(=O)c2c(O)cccc2C3=O)[C@H]1C(=O)OC. The van der Waals surface area contributed by atoms with E-state index in [0.717, 1.165) is 0 Å². The Morgan fingerprint density at radius 1 is 0.931 bits per heavy atom. The van der Waals surface area contributed by atoms with E-state index >= 15 is 0 Å². The van der Waals surface area contributed by atoms with E-state index in [1.807, 2.05) is 25.9 Å². The zero-order chi connectivity index (χ0) is 42.0. The number of aromatic hydroxyl groups is 2. The van der Waals surface area contributed by atoms with E-state index in [1.54, 1.807) is 20.8 Å². The highest BCUT2D eigenvalue weighted by Gasteiger charge is 2.53. The number of rotatable bonds is 9. The Labute approximate surface area is 337 Å². The molecular formula is C43H55NO14. The second-order valence-electron chi connectivity index (χ2n) is 16.8. The Balaban J connectivity index is 1.13. The molecule has 2 aromatic rings. The number of carbonyl (C=O) groups excluding carboxylic acids is 4. The molecule has 2 saturated heterocycles. The predicted molar refractivity (Wildman–Crippen MR) is 204 cm³/mol. The maximum absolute atomic E-state index is 13.9. The number of methoxy groups -OCH3 is 1. The molecule has 0 amide bonds. The maximum Gasteiger partial charge on any atom is 0.316 e. The molecule has 3 aliphatic carbocycles. The van der Waals surface area contributed by atoms with Gasteiger partial charge >= 0.3 is 5.97 Å². The summed E-state index contributed by atoms with van der Waals surface area (Å²) in [5, 5.41) is 46.0. The minimum atomic E-state index is -1.70. The summed E-state index contributed by atoms with van der Waals surface area (Å²) >= 11 is 0. The van der Waals surface area contributed by atoms with Crippen LogP contribution in [0.5, 0.6) is 11.5 Å². The zero-order valence-electron chi connectivity index (χ0n) is 34.0. The number of hydrogen-bond acceptors (Lipinski definition) is 15. The average Bonchev–Trinajstić information content (AvgIpc) is 3.17. The first-order chi connectivity index (χ1) is 27.5. The standard InChI is InChI=1S/C43H55NO14/c1-8-43(52)18-30(34-24(36(43)42(51)53-7)16-25-35(39(34)50)38(49)33-23(37(25)48)10-9-11-28(33)46)56-22-14-19(2)40(26(15-22)44(5)6)58-32-17-29(47)41(21(4)55-32)57-31-13-12-27(45)20(3)54-31/h9-11,16,19-22,26,29-32,36,40-41,46-47,50,52H,8,12-15,17-18H2,1-7H3/t19?,20?,21?,22?,26?,29?,30?,31?,32?,36-,40?,41?,43+/m0/s1. The predicted octanol–water partition coefficient (Wildman–Crippen LogP) is 3.82. The molecule has 0 bridgehead atoms. The number of aliphatic hydroxyl groups excluding tert-OH is 1. The largest absolute Gasteiger partial charge is 0.507 e. The molecule has 15 nitrogen and oxygen atoms in total. The number of ether oxygens (including phenoxy) is 6. The molecule has 0 aromatic heterocycles. The summed E-state index contributed by atoms with van der Waals surface area (Å²) in [6.07, 6.45) is -4.04. The van der Waals surface area contributed by atoms with Crippen LogP contribution in [0.2, 0.25) is 0 Å². The van der Waals surface area contributed by atoms with Crippen LogP contribution in [0.15, 0.2) is 24.3 Å². The van der Waals surface area contributed by atoms with Crippen LogP contribution in [0.25, 0.3) is 0 Å². The van der Waals surface area contributed by atoms with Gasteiger partial charge in [0.2, 0.25) is 5.78 Å². The zero-order valence-corrected chi connectivity index (χ0v) is 34.0. The van der Waals surface area contributed by atoms with Crippen molar-refractivity contribution in [2.75, 3.05) is 21.2 Å². The monoisotopic (exact) mass is 809 g/mol. The fourth-order valence-corrected chi connectivity index (χ4v) is 9.78. The average molecular weight is 810 g/mol. The van der Waals surface area contributed by atoms with Gasteiger partial charge in [-0.1, -0.05) is 26.0 Å². The van der Waals surface area contributed by atoms with E-state index in [-0.39, 0.29) is 76.5 Å². The van der Waals surface area contributed by atoms with Crippen molar-refractivity contribution in [1.29, 1.82) is 0 Å². The Morgan fingerprint density at radius 2 is 1.66 bits per heavy atom. The van der Waals surface area contributed by atoms with Crippen molar-refractivity contribution in [1.82, 2.24) is 4.90 Å². The van der Waals surface area contributed by atoms with Crippen molar-refractivity contribution in [3.63, 3.8) is 0 Å². The number of nitrogens with zero attached hydrogens (tertiary/aromatic N) is 1. The maximum atomic E-state index is 13.9. The number of carbonyl (C=O) groups is 4. The van der Waals surface area contributed by atoms with Gasteiger partial charge in [-0.15, -0.1) is 0 Å². The van der Waals surface area contributed by atoms with E-state index in [9.17, 15) is 39.6 Å². The van der Waals surface area contributed by atoms with Crippen molar-refractivity contribution in [2.24, 2.45) is 5.92 Å². The second kappa shape index (κ2) is 16.3. The molecule has 11 unspecified atom stereocenters. The molecule has 2 heterocycles. The highest BCUT2D eigenvalue weighted by Crippen LogP contribution is 2.54. The number of benzene rings is 2. The van der Waals surface area contributed by atoms with E-state index < -0.39 is 89.8 Å². The van der Waals surface area contributed by atoms with Crippen molar-refractivity contribution in [3.05, 3.63) is 57.6 Å². The lowest BCUT2D eigenvalue weighted by Crippen LogP contribution is -2.56. The molecule has 7 rings (SSSR count). The minimum absolute atomic E-state index is 0.0176. The number of esters is 1. The molecule has 0 spiro atoms. The Hall–Kier alpha value is -3.80. The molecule has 3 fully saturated rings. The molecule has 316 valence electrons. The second-order valence-corrected chi connectivity index (χ2v) is 16.8. The summed E-state index contributed by atoms with van der Waals surface area (Å²) < 4.78 is 36.7. The Morgan fingerprint density at radius 3 is 2.31 bits per heavy atom. The van der Waals surface area contributed by atoms with Gasteiger partial charge in [0.25, 0.3) is 0 Å².